The van der Waals surface area contributed by atoms with Gasteiger partial charge in [0.1, 0.15) is 0 Å². The van der Waals surface area contributed by atoms with Crippen LogP contribution in [0.25, 0.3) is 0 Å². The summed E-state index contributed by atoms with van der Waals surface area (Å²) in [4.78, 5) is 17.7. The summed E-state index contributed by atoms with van der Waals surface area (Å²) in [6.07, 6.45) is 1.65. The summed E-state index contributed by atoms with van der Waals surface area (Å²) in [5.41, 5.74) is 0. The highest BCUT2D eigenvalue weighted by Gasteiger charge is 2.23. The van der Waals surface area contributed by atoms with Gasteiger partial charge in [0.2, 0.25) is 0 Å². The molecule has 0 unspecified atom stereocenters. The van der Waals surface area contributed by atoms with Gasteiger partial charge in [-0.1, -0.05) is 0 Å². The molecule has 0 aliphatic carbocycles. The van der Waals surface area contributed by atoms with Gasteiger partial charge in [-0.3, -0.25) is 4.99 Å². The maximum Gasteiger partial charge on any atom is 0.409 e. The van der Waals surface area contributed by atoms with Crippen LogP contribution in [-0.2, 0) is 4.74 Å². The number of likely N-dealkylation sites (tertiary alicyclic amines) is 1. The average Bonchev–Trinajstić information content (AvgIpc) is 2.40. The minimum Gasteiger partial charge on any atom is -0.450 e. The Balaban J connectivity index is 2.36. The van der Waals surface area contributed by atoms with Crippen molar-refractivity contribution in [3.05, 3.63) is 0 Å². The number of amides is 1. The third-order valence-electron chi connectivity index (χ3n) is 3.02. The van der Waals surface area contributed by atoms with E-state index in [-0.39, 0.29) is 6.09 Å². The van der Waals surface area contributed by atoms with Crippen molar-refractivity contribution in [2.24, 2.45) is 4.99 Å². The highest BCUT2D eigenvalue weighted by atomic mass is 16.6. The van der Waals surface area contributed by atoms with E-state index in [1.165, 1.54) is 0 Å². The fourth-order valence-electron chi connectivity index (χ4n) is 2.09. The Morgan fingerprint density at radius 2 is 2.00 bits per heavy atom. The van der Waals surface area contributed by atoms with Crippen molar-refractivity contribution in [2.45, 2.75) is 39.7 Å². The molecule has 1 saturated heterocycles. The van der Waals surface area contributed by atoms with E-state index < -0.39 is 0 Å². The zero-order chi connectivity index (χ0) is 14.1. The molecule has 0 saturated carbocycles. The van der Waals surface area contributed by atoms with Crippen molar-refractivity contribution in [3.8, 4) is 0 Å². The first-order valence-electron chi connectivity index (χ1n) is 7.17. The second-order valence-electron chi connectivity index (χ2n) is 4.46. The number of nitrogens with zero attached hydrogens (tertiary/aromatic N) is 2. The van der Waals surface area contributed by atoms with E-state index >= 15 is 0 Å². The van der Waals surface area contributed by atoms with Crippen molar-refractivity contribution in [1.29, 1.82) is 0 Å². The average molecular weight is 270 g/mol. The van der Waals surface area contributed by atoms with Crippen molar-refractivity contribution >= 4 is 12.1 Å². The molecule has 0 bridgehead atoms. The maximum atomic E-state index is 11.6. The van der Waals surface area contributed by atoms with Crippen LogP contribution in [0.1, 0.15) is 33.6 Å². The topological polar surface area (TPSA) is 66.0 Å². The molecule has 0 aromatic rings. The fourth-order valence-corrected chi connectivity index (χ4v) is 2.09. The van der Waals surface area contributed by atoms with E-state index in [2.05, 4.69) is 22.5 Å². The highest BCUT2D eigenvalue weighted by molar-refractivity contribution is 5.80. The van der Waals surface area contributed by atoms with E-state index in [0.717, 1.165) is 45.0 Å². The van der Waals surface area contributed by atoms with E-state index in [1.807, 2.05) is 13.8 Å². The van der Waals surface area contributed by atoms with Crippen LogP contribution in [0.4, 0.5) is 4.79 Å². The molecule has 1 heterocycles. The predicted molar refractivity (Wildman–Crippen MR) is 76.4 cm³/mol. The number of nitrogens with one attached hydrogen (secondary N) is 2. The molecule has 6 nitrogen and oxygen atoms in total. The summed E-state index contributed by atoms with van der Waals surface area (Å²) in [5, 5.41) is 6.63. The largest absolute Gasteiger partial charge is 0.450 e. The molecule has 0 atom stereocenters. The minimum atomic E-state index is -0.199. The Hall–Kier alpha value is -1.46. The molecule has 0 aromatic heterocycles. The van der Waals surface area contributed by atoms with E-state index in [4.69, 9.17) is 4.74 Å². The van der Waals surface area contributed by atoms with Crippen molar-refractivity contribution in [3.63, 3.8) is 0 Å². The van der Waals surface area contributed by atoms with Gasteiger partial charge in [-0.05, 0) is 33.6 Å². The Kier molecular flexibility index (Phi) is 7.07. The van der Waals surface area contributed by atoms with Crippen LogP contribution in [0.3, 0.4) is 0 Å². The van der Waals surface area contributed by atoms with Gasteiger partial charge in [0, 0.05) is 32.2 Å². The molecule has 1 amide bonds. The summed E-state index contributed by atoms with van der Waals surface area (Å²) in [6.45, 7) is 9.42. The van der Waals surface area contributed by atoms with Gasteiger partial charge in [-0.15, -0.1) is 0 Å². The first kappa shape index (κ1) is 15.6. The van der Waals surface area contributed by atoms with E-state index in [0.29, 0.717) is 12.6 Å². The van der Waals surface area contributed by atoms with Crippen LogP contribution >= 0.6 is 0 Å². The number of guanidine groups is 1. The number of hydrogen-bond acceptors (Lipinski definition) is 3. The Morgan fingerprint density at radius 3 is 2.53 bits per heavy atom. The second kappa shape index (κ2) is 8.61. The van der Waals surface area contributed by atoms with Gasteiger partial charge in [0.25, 0.3) is 0 Å². The number of piperidine rings is 1. The van der Waals surface area contributed by atoms with Gasteiger partial charge in [0.15, 0.2) is 5.96 Å². The molecular weight excluding hydrogens is 244 g/mol. The number of hydrogen-bond donors (Lipinski definition) is 2. The van der Waals surface area contributed by atoms with Gasteiger partial charge < -0.3 is 20.3 Å². The lowest BCUT2D eigenvalue weighted by Crippen LogP contribution is -2.49. The monoisotopic (exact) mass is 270 g/mol. The lowest BCUT2D eigenvalue weighted by atomic mass is 10.1. The third kappa shape index (κ3) is 5.36. The zero-order valence-corrected chi connectivity index (χ0v) is 12.2. The molecule has 0 spiro atoms. The van der Waals surface area contributed by atoms with Crippen LogP contribution in [0.5, 0.6) is 0 Å². The molecule has 1 rings (SSSR count). The molecule has 1 fully saturated rings. The van der Waals surface area contributed by atoms with Crippen LogP contribution in [0.2, 0.25) is 0 Å². The van der Waals surface area contributed by atoms with Crippen LogP contribution in [0.15, 0.2) is 4.99 Å². The molecule has 0 aromatic carbocycles. The number of carbonyl (C=O) groups is 1. The lowest BCUT2D eigenvalue weighted by molar-refractivity contribution is 0.0963. The molecule has 6 heteroatoms. The standard InChI is InChI=1S/C13H26N4O2/c1-4-14-12(15-5-2)16-11-7-9-17(10-8-11)13(18)19-6-3/h11H,4-10H2,1-3H3,(H2,14,15,16). The van der Waals surface area contributed by atoms with Gasteiger partial charge in [-0.25, -0.2) is 4.79 Å². The SMILES string of the molecule is CCN=C(NCC)NC1CCN(C(=O)OCC)CC1. The maximum absolute atomic E-state index is 11.6. The Labute approximate surface area is 115 Å². The number of rotatable bonds is 4. The van der Waals surface area contributed by atoms with Gasteiger partial charge >= 0.3 is 6.09 Å². The number of ether oxygens (including phenoxy) is 1. The summed E-state index contributed by atoms with van der Waals surface area (Å²) in [6, 6.07) is 0.370. The van der Waals surface area contributed by atoms with Crippen molar-refractivity contribution in [1.82, 2.24) is 15.5 Å². The number of carbonyl (C=O) groups excluding carboxylic acids is 1. The van der Waals surface area contributed by atoms with Crippen LogP contribution in [0, 0.1) is 0 Å². The Morgan fingerprint density at radius 1 is 1.32 bits per heavy atom. The quantitative estimate of drug-likeness (QED) is 0.595. The first-order chi connectivity index (χ1) is 9.21. The molecule has 19 heavy (non-hydrogen) atoms. The molecule has 110 valence electrons. The molecule has 1 aliphatic rings. The first-order valence-corrected chi connectivity index (χ1v) is 7.17. The summed E-state index contributed by atoms with van der Waals surface area (Å²) >= 11 is 0. The van der Waals surface area contributed by atoms with Crippen LogP contribution < -0.4 is 10.6 Å². The second-order valence-corrected chi connectivity index (χ2v) is 4.46. The highest BCUT2D eigenvalue weighted by Crippen LogP contribution is 2.11. The zero-order valence-electron chi connectivity index (χ0n) is 12.2. The van der Waals surface area contributed by atoms with Gasteiger partial charge in [-0.2, -0.15) is 0 Å². The molecule has 2 N–H and O–H groups in total. The van der Waals surface area contributed by atoms with Crippen molar-refractivity contribution < 1.29 is 9.53 Å². The summed E-state index contributed by atoms with van der Waals surface area (Å²) in [7, 11) is 0. The van der Waals surface area contributed by atoms with Crippen molar-refractivity contribution in [2.75, 3.05) is 32.8 Å². The smallest absolute Gasteiger partial charge is 0.409 e. The van der Waals surface area contributed by atoms with E-state index in [9.17, 15) is 4.79 Å². The van der Waals surface area contributed by atoms with Gasteiger partial charge in [0.05, 0.1) is 6.61 Å². The third-order valence-corrected chi connectivity index (χ3v) is 3.02. The predicted octanol–water partition coefficient (Wildman–Crippen LogP) is 1.18. The summed E-state index contributed by atoms with van der Waals surface area (Å²) < 4.78 is 5.01. The minimum absolute atomic E-state index is 0.199. The van der Waals surface area contributed by atoms with Crippen LogP contribution in [-0.4, -0.2) is 55.8 Å². The number of aliphatic imine (C=N–C) groups is 1. The molecular formula is C13H26N4O2. The normalized spacial score (nSPS) is 17.2. The fraction of sp³-hybridized carbons (Fsp3) is 0.846. The summed E-state index contributed by atoms with van der Waals surface area (Å²) in [5.74, 6) is 0.861. The van der Waals surface area contributed by atoms with E-state index in [1.54, 1.807) is 4.90 Å². The lowest BCUT2D eigenvalue weighted by Gasteiger charge is -2.32. The Bertz CT molecular complexity index is 299. The molecule has 1 aliphatic heterocycles. The molecule has 0 radical (unpaired) electrons.